The number of nitrogens with zero attached hydrogens (tertiary/aromatic N) is 2. The lowest BCUT2D eigenvalue weighted by Gasteiger charge is -2.21. The third-order valence-electron chi connectivity index (χ3n) is 13.8. The monoisotopic (exact) mass is 808 g/mol. The van der Waals surface area contributed by atoms with Crippen LogP contribution in [-0.2, 0) is 0 Å². The van der Waals surface area contributed by atoms with Crippen LogP contribution in [-0.4, -0.2) is 9.97 Å². The summed E-state index contributed by atoms with van der Waals surface area (Å²) in [6, 6.07) is 75.9. The summed E-state index contributed by atoms with van der Waals surface area (Å²) >= 11 is 0. The highest BCUT2D eigenvalue weighted by Gasteiger charge is 2.23. The van der Waals surface area contributed by atoms with Gasteiger partial charge in [-0.05, 0) is 133 Å². The minimum Gasteiger partial charge on any atom is -0.256 e. The molecule has 14 aromatic rings. The Bertz CT molecular complexity index is 3870. The fraction of sp³-hybridized carbons (Fsp3) is 0. The lowest BCUT2D eigenvalue weighted by atomic mass is 9.81. The molecule has 0 fully saturated rings. The molecule has 0 N–H and O–H groups in total. The van der Waals surface area contributed by atoms with Crippen molar-refractivity contribution in [2.45, 2.75) is 0 Å². The summed E-state index contributed by atoms with van der Waals surface area (Å²) in [5.74, 6) is 0. The van der Waals surface area contributed by atoms with E-state index in [1.165, 1.54) is 109 Å². The maximum absolute atomic E-state index is 4.93. The standard InChI is InChI=1S/C62H36N2/c1-11-23-55-39(13-1)33-41(35-63-55)57-43-15-3-7-19-47(43)61(48-20-8-4-16-44(48)57)53-31-27-37-26-30-52-54(32-28-38-25-29-51(53)59(37)60(38)52)62-49-21-9-5-17-45(49)58(46-18-6-10-22-50(46)62)42-34-40-14-2-12-24-56(40)64-36-42/h1-36H. The molecule has 0 aliphatic carbocycles. The smallest absolute Gasteiger partial charge is 0.0702 e. The summed E-state index contributed by atoms with van der Waals surface area (Å²) in [7, 11) is 0. The molecule has 0 amide bonds. The molecule has 0 atom stereocenters. The summed E-state index contributed by atoms with van der Waals surface area (Å²) < 4.78 is 0. The van der Waals surface area contributed by atoms with Gasteiger partial charge in [0.1, 0.15) is 0 Å². The van der Waals surface area contributed by atoms with Crippen LogP contribution in [0.5, 0.6) is 0 Å². The molecule has 0 unspecified atom stereocenters. The largest absolute Gasteiger partial charge is 0.256 e. The zero-order chi connectivity index (χ0) is 41.9. The summed E-state index contributed by atoms with van der Waals surface area (Å²) in [5, 5.41) is 19.7. The van der Waals surface area contributed by atoms with Crippen molar-refractivity contribution in [3.05, 3.63) is 219 Å². The van der Waals surface area contributed by atoms with E-state index < -0.39 is 0 Å². The van der Waals surface area contributed by atoms with Crippen LogP contribution in [0.15, 0.2) is 219 Å². The SMILES string of the molecule is c1ccc2ncc(-c3c4ccccc4c(-c4ccc5ccc6c(-c7c8ccccc8c(-c8cnc9ccccc9c8)c8ccccc78)ccc7ccc4c5c76)c4ccccc34)cc2c1. The van der Waals surface area contributed by atoms with Crippen molar-refractivity contribution in [3.8, 4) is 44.5 Å². The average Bonchev–Trinajstić information content (AvgIpc) is 3.36. The van der Waals surface area contributed by atoms with Gasteiger partial charge < -0.3 is 0 Å². The van der Waals surface area contributed by atoms with Crippen LogP contribution in [0.4, 0.5) is 0 Å². The van der Waals surface area contributed by atoms with Crippen molar-refractivity contribution in [1.82, 2.24) is 9.97 Å². The van der Waals surface area contributed by atoms with Gasteiger partial charge in [0, 0.05) is 34.3 Å². The van der Waals surface area contributed by atoms with E-state index in [-0.39, 0.29) is 0 Å². The molecule has 2 nitrogen and oxygen atoms in total. The number of aromatic nitrogens is 2. The lowest BCUT2D eigenvalue weighted by molar-refractivity contribution is 1.41. The summed E-state index contributed by atoms with van der Waals surface area (Å²) in [5.41, 5.74) is 11.7. The van der Waals surface area contributed by atoms with Crippen LogP contribution in [0.3, 0.4) is 0 Å². The Labute approximate surface area is 368 Å². The molecule has 0 bridgehead atoms. The van der Waals surface area contributed by atoms with Crippen LogP contribution in [0, 0.1) is 0 Å². The molecular formula is C62H36N2. The first-order valence-electron chi connectivity index (χ1n) is 22.1. The molecule has 2 heteroatoms. The van der Waals surface area contributed by atoms with Gasteiger partial charge in [-0.2, -0.15) is 0 Å². The van der Waals surface area contributed by atoms with Crippen LogP contribution in [0.2, 0.25) is 0 Å². The van der Waals surface area contributed by atoms with E-state index in [0.717, 1.165) is 32.9 Å². The zero-order valence-corrected chi connectivity index (χ0v) is 34.7. The van der Waals surface area contributed by atoms with Crippen molar-refractivity contribution < 1.29 is 0 Å². The summed E-state index contributed by atoms with van der Waals surface area (Å²) in [6.45, 7) is 0. The van der Waals surface area contributed by atoms with Gasteiger partial charge in [0.15, 0.2) is 0 Å². The third-order valence-corrected chi connectivity index (χ3v) is 13.8. The molecule has 64 heavy (non-hydrogen) atoms. The second kappa shape index (κ2) is 13.5. The molecule has 14 rings (SSSR count). The van der Waals surface area contributed by atoms with Crippen LogP contribution in [0.1, 0.15) is 0 Å². The van der Waals surface area contributed by atoms with Crippen molar-refractivity contribution >= 4 is 97.2 Å². The van der Waals surface area contributed by atoms with E-state index in [2.05, 4.69) is 206 Å². The fourth-order valence-electron chi connectivity index (χ4n) is 11.1. The van der Waals surface area contributed by atoms with Crippen molar-refractivity contribution in [1.29, 1.82) is 0 Å². The fourth-order valence-corrected chi connectivity index (χ4v) is 11.1. The summed E-state index contributed by atoms with van der Waals surface area (Å²) in [6.07, 6.45) is 4.09. The number of fused-ring (bicyclic) bond motifs is 6. The Morgan fingerprint density at radius 3 is 0.922 bits per heavy atom. The predicted molar refractivity (Wildman–Crippen MR) is 273 cm³/mol. The Kier molecular flexibility index (Phi) is 7.43. The third kappa shape index (κ3) is 5.02. The molecule has 2 heterocycles. The number of benzene rings is 12. The molecule has 294 valence electrons. The first-order valence-corrected chi connectivity index (χ1v) is 22.1. The highest BCUT2D eigenvalue weighted by Crippen LogP contribution is 2.50. The average molecular weight is 809 g/mol. The number of hydrogen-bond acceptors (Lipinski definition) is 2. The predicted octanol–water partition coefficient (Wildman–Crippen LogP) is 17.0. The second-order valence-electron chi connectivity index (χ2n) is 17.2. The molecule has 2 aromatic heterocycles. The summed E-state index contributed by atoms with van der Waals surface area (Å²) in [4.78, 5) is 9.85. The number of rotatable bonds is 4. The van der Waals surface area contributed by atoms with Gasteiger partial charge in [0.25, 0.3) is 0 Å². The maximum Gasteiger partial charge on any atom is 0.0702 e. The molecular weight excluding hydrogens is 773 g/mol. The molecule has 0 aliphatic rings. The Morgan fingerprint density at radius 2 is 0.547 bits per heavy atom. The number of hydrogen-bond donors (Lipinski definition) is 0. The van der Waals surface area contributed by atoms with Gasteiger partial charge in [0.2, 0.25) is 0 Å². The molecule has 0 spiro atoms. The zero-order valence-electron chi connectivity index (χ0n) is 34.7. The highest BCUT2D eigenvalue weighted by atomic mass is 14.7. The van der Waals surface area contributed by atoms with Gasteiger partial charge in [-0.15, -0.1) is 0 Å². The van der Waals surface area contributed by atoms with E-state index in [1.807, 2.05) is 12.4 Å². The topological polar surface area (TPSA) is 25.8 Å². The van der Waals surface area contributed by atoms with Crippen molar-refractivity contribution in [2.24, 2.45) is 0 Å². The lowest BCUT2D eigenvalue weighted by Crippen LogP contribution is -1.94. The first kappa shape index (κ1) is 35.2. The van der Waals surface area contributed by atoms with E-state index in [4.69, 9.17) is 9.97 Å². The normalized spacial score (nSPS) is 12.1. The van der Waals surface area contributed by atoms with Gasteiger partial charge in [0.05, 0.1) is 11.0 Å². The highest BCUT2D eigenvalue weighted by molar-refractivity contribution is 6.32. The minimum absolute atomic E-state index is 1.00. The van der Waals surface area contributed by atoms with Crippen molar-refractivity contribution in [2.75, 3.05) is 0 Å². The number of pyridine rings is 2. The first-order chi connectivity index (χ1) is 31.8. The van der Waals surface area contributed by atoms with Gasteiger partial charge in [-0.1, -0.05) is 182 Å². The second-order valence-corrected chi connectivity index (χ2v) is 17.2. The Balaban J connectivity index is 1.04. The molecule has 0 aliphatic heterocycles. The van der Waals surface area contributed by atoms with E-state index >= 15 is 0 Å². The van der Waals surface area contributed by atoms with Crippen LogP contribution in [0.25, 0.3) is 142 Å². The molecule has 0 radical (unpaired) electrons. The van der Waals surface area contributed by atoms with E-state index in [0.29, 0.717) is 0 Å². The van der Waals surface area contributed by atoms with E-state index in [1.54, 1.807) is 0 Å². The van der Waals surface area contributed by atoms with E-state index in [9.17, 15) is 0 Å². The van der Waals surface area contributed by atoms with Gasteiger partial charge >= 0.3 is 0 Å². The van der Waals surface area contributed by atoms with Gasteiger partial charge in [-0.3, -0.25) is 9.97 Å². The van der Waals surface area contributed by atoms with Gasteiger partial charge in [-0.25, -0.2) is 0 Å². The quantitative estimate of drug-likeness (QED) is 0.131. The minimum atomic E-state index is 1.00. The maximum atomic E-state index is 4.93. The van der Waals surface area contributed by atoms with Crippen LogP contribution >= 0.6 is 0 Å². The molecule has 0 saturated heterocycles. The van der Waals surface area contributed by atoms with Crippen molar-refractivity contribution in [3.63, 3.8) is 0 Å². The Morgan fingerprint density at radius 1 is 0.234 bits per heavy atom. The van der Waals surface area contributed by atoms with Crippen LogP contribution < -0.4 is 0 Å². The Hall–Kier alpha value is -8.46. The molecule has 12 aromatic carbocycles. The molecule has 0 saturated carbocycles. The number of para-hydroxylation sites is 2.